The number of benzene rings is 2. The van der Waals surface area contributed by atoms with Gasteiger partial charge in [-0.2, -0.15) is 0 Å². The normalized spacial score (nSPS) is 11.2. The van der Waals surface area contributed by atoms with Gasteiger partial charge in [-0.1, -0.05) is 17.7 Å². The average molecular weight is 386 g/mol. The number of amides is 1. The molecule has 0 aliphatic carbocycles. The molecule has 2 aromatic heterocycles. The lowest BCUT2D eigenvalue weighted by molar-refractivity contribution is -0.117. The number of aromatic nitrogens is 4. The zero-order valence-electron chi connectivity index (χ0n) is 14.1. The third kappa shape index (κ3) is 3.04. The first-order chi connectivity index (χ1) is 12.9. The highest BCUT2D eigenvalue weighted by molar-refractivity contribution is 6.31. The Labute approximate surface area is 157 Å². The first kappa shape index (κ1) is 17.2. The number of nitrogens with one attached hydrogen (secondary N) is 1. The summed E-state index contributed by atoms with van der Waals surface area (Å²) >= 11 is 6.04. The van der Waals surface area contributed by atoms with Crippen LogP contribution >= 0.6 is 11.6 Å². The maximum absolute atomic E-state index is 13.6. The monoisotopic (exact) mass is 385 g/mol. The van der Waals surface area contributed by atoms with Crippen LogP contribution in [-0.2, 0) is 11.3 Å². The second-order valence-corrected chi connectivity index (χ2v) is 6.41. The van der Waals surface area contributed by atoms with Crippen molar-refractivity contribution in [3.63, 3.8) is 0 Å². The largest absolute Gasteiger partial charge is 0.352 e. The van der Waals surface area contributed by atoms with Gasteiger partial charge in [-0.25, -0.2) is 23.3 Å². The van der Waals surface area contributed by atoms with Gasteiger partial charge in [0.05, 0.1) is 5.52 Å². The maximum atomic E-state index is 13.6. The molecular weight excluding hydrogens is 373 g/mol. The van der Waals surface area contributed by atoms with E-state index >= 15 is 0 Å². The highest BCUT2D eigenvalue weighted by atomic mass is 35.5. The number of anilines is 1. The molecule has 7 nitrogen and oxygen atoms in total. The van der Waals surface area contributed by atoms with Crippen LogP contribution in [0.15, 0.2) is 47.5 Å². The summed E-state index contributed by atoms with van der Waals surface area (Å²) in [5.41, 5.74) is 1.47. The smallest absolute Gasteiger partial charge is 0.324 e. The molecule has 0 aliphatic rings. The van der Waals surface area contributed by atoms with Crippen molar-refractivity contribution in [3.05, 3.63) is 69.6 Å². The van der Waals surface area contributed by atoms with Gasteiger partial charge in [-0.05, 0) is 42.8 Å². The van der Waals surface area contributed by atoms with E-state index < -0.39 is 17.4 Å². The molecule has 0 bridgehead atoms. The van der Waals surface area contributed by atoms with Gasteiger partial charge in [-0.15, -0.1) is 5.10 Å². The fourth-order valence-electron chi connectivity index (χ4n) is 2.80. The number of rotatable bonds is 3. The lowest BCUT2D eigenvalue weighted by Gasteiger charge is -2.08. The molecule has 1 amide bonds. The van der Waals surface area contributed by atoms with E-state index in [9.17, 15) is 14.0 Å². The Morgan fingerprint density at radius 1 is 1.30 bits per heavy atom. The summed E-state index contributed by atoms with van der Waals surface area (Å²) in [4.78, 5) is 29.0. The summed E-state index contributed by atoms with van der Waals surface area (Å²) in [6, 6.07) is 9.19. The summed E-state index contributed by atoms with van der Waals surface area (Å²) in [7, 11) is 0. The fourth-order valence-corrected chi connectivity index (χ4v) is 2.97. The van der Waals surface area contributed by atoms with Gasteiger partial charge in [0.25, 0.3) is 0 Å². The van der Waals surface area contributed by atoms with Crippen molar-refractivity contribution in [2.75, 3.05) is 5.32 Å². The molecule has 0 saturated heterocycles. The van der Waals surface area contributed by atoms with Crippen LogP contribution in [-0.4, -0.2) is 25.1 Å². The molecule has 2 heterocycles. The second-order valence-electron chi connectivity index (χ2n) is 6.00. The maximum Gasteiger partial charge on any atom is 0.352 e. The van der Waals surface area contributed by atoms with Gasteiger partial charge in [0.1, 0.15) is 18.7 Å². The average Bonchev–Trinajstić information content (AvgIpc) is 2.95. The molecule has 0 fully saturated rings. The molecule has 4 aromatic rings. The van der Waals surface area contributed by atoms with Crippen LogP contribution in [0, 0.1) is 12.7 Å². The predicted molar refractivity (Wildman–Crippen MR) is 99.5 cm³/mol. The Bertz CT molecular complexity index is 1260. The summed E-state index contributed by atoms with van der Waals surface area (Å²) in [5.74, 6) is -0.900. The Morgan fingerprint density at radius 3 is 2.93 bits per heavy atom. The van der Waals surface area contributed by atoms with Gasteiger partial charge in [0.15, 0.2) is 5.65 Å². The van der Waals surface area contributed by atoms with Crippen LogP contribution in [0.4, 0.5) is 10.1 Å². The molecule has 27 heavy (non-hydrogen) atoms. The van der Waals surface area contributed by atoms with E-state index in [4.69, 9.17) is 11.6 Å². The van der Waals surface area contributed by atoms with E-state index in [-0.39, 0.29) is 12.2 Å². The number of halogens is 2. The highest BCUT2D eigenvalue weighted by Gasteiger charge is 2.15. The van der Waals surface area contributed by atoms with Gasteiger partial charge < -0.3 is 5.32 Å². The quantitative estimate of drug-likeness (QED) is 0.588. The number of hydrogen-bond acceptors (Lipinski definition) is 4. The van der Waals surface area contributed by atoms with Crippen molar-refractivity contribution < 1.29 is 9.18 Å². The Morgan fingerprint density at radius 2 is 2.11 bits per heavy atom. The third-order valence-electron chi connectivity index (χ3n) is 4.22. The molecule has 4 rings (SSSR count). The zero-order chi connectivity index (χ0) is 19.1. The standard InChI is InChI=1S/C18H13ClFN5O2/c1-10-13(19)3-2-4-14(10)22-16(26)8-25-18(27)24-9-21-15-6-5-11(20)7-12(15)17(24)23-25/h2-7,9H,8H2,1H3,(H,22,26). The van der Waals surface area contributed by atoms with Crippen molar-refractivity contribution >= 4 is 39.7 Å². The zero-order valence-corrected chi connectivity index (χ0v) is 14.9. The first-order valence-electron chi connectivity index (χ1n) is 8.02. The Balaban J connectivity index is 1.69. The summed E-state index contributed by atoms with van der Waals surface area (Å²) < 4.78 is 15.8. The van der Waals surface area contributed by atoms with Crippen molar-refractivity contribution in [2.45, 2.75) is 13.5 Å². The topological polar surface area (TPSA) is 81.3 Å². The van der Waals surface area contributed by atoms with Crippen molar-refractivity contribution in [1.29, 1.82) is 0 Å². The first-order valence-corrected chi connectivity index (χ1v) is 8.40. The van der Waals surface area contributed by atoms with Crippen molar-refractivity contribution in [1.82, 2.24) is 19.2 Å². The van der Waals surface area contributed by atoms with E-state index in [1.54, 1.807) is 25.1 Å². The number of hydrogen-bond donors (Lipinski definition) is 1. The van der Waals surface area contributed by atoms with E-state index in [1.165, 1.54) is 28.9 Å². The lowest BCUT2D eigenvalue weighted by atomic mass is 10.2. The molecule has 0 aliphatic heterocycles. The van der Waals surface area contributed by atoms with Crippen LogP contribution in [0.5, 0.6) is 0 Å². The molecule has 9 heteroatoms. The minimum Gasteiger partial charge on any atom is -0.324 e. The van der Waals surface area contributed by atoms with Crippen LogP contribution in [0.1, 0.15) is 5.56 Å². The Kier molecular flexibility index (Phi) is 4.12. The molecular formula is C18H13ClFN5O2. The van der Waals surface area contributed by atoms with Crippen LogP contribution in [0.3, 0.4) is 0 Å². The van der Waals surface area contributed by atoms with Crippen molar-refractivity contribution in [2.24, 2.45) is 0 Å². The number of carbonyl (C=O) groups is 1. The molecule has 1 N–H and O–H groups in total. The molecule has 136 valence electrons. The predicted octanol–water partition coefficient (Wildman–Crippen LogP) is 2.78. The molecule has 0 atom stereocenters. The van der Waals surface area contributed by atoms with Gasteiger partial charge in [0.2, 0.25) is 5.91 Å². The number of carbonyl (C=O) groups excluding carboxylic acids is 1. The van der Waals surface area contributed by atoms with Gasteiger partial charge in [0, 0.05) is 16.1 Å². The van der Waals surface area contributed by atoms with Gasteiger partial charge >= 0.3 is 5.69 Å². The lowest BCUT2D eigenvalue weighted by Crippen LogP contribution is -2.28. The van der Waals surface area contributed by atoms with E-state index in [0.29, 0.717) is 21.6 Å². The SMILES string of the molecule is Cc1c(Cl)cccc1NC(=O)Cn1nc2c3cc(F)ccc3ncn2c1=O. The number of fused-ring (bicyclic) bond motifs is 3. The summed E-state index contributed by atoms with van der Waals surface area (Å²) in [5, 5.41) is 7.80. The summed E-state index contributed by atoms with van der Waals surface area (Å²) in [6.07, 6.45) is 1.31. The minimum atomic E-state index is -0.540. The highest BCUT2D eigenvalue weighted by Crippen LogP contribution is 2.23. The second kappa shape index (κ2) is 6.48. The van der Waals surface area contributed by atoms with Crippen molar-refractivity contribution in [3.8, 4) is 0 Å². The fraction of sp³-hybridized carbons (Fsp3) is 0.111. The van der Waals surface area contributed by atoms with Gasteiger partial charge in [-0.3, -0.25) is 4.79 Å². The molecule has 0 spiro atoms. The molecule has 0 radical (unpaired) electrons. The van der Waals surface area contributed by atoms with E-state index in [2.05, 4.69) is 15.4 Å². The number of nitrogens with zero attached hydrogens (tertiary/aromatic N) is 4. The molecule has 2 aromatic carbocycles. The minimum absolute atomic E-state index is 0.233. The van der Waals surface area contributed by atoms with Crippen LogP contribution < -0.4 is 11.0 Å². The van der Waals surface area contributed by atoms with Crippen LogP contribution in [0.25, 0.3) is 16.6 Å². The Hall–Kier alpha value is -3.26. The van der Waals surface area contributed by atoms with E-state index in [1.807, 2.05) is 0 Å². The summed E-state index contributed by atoms with van der Waals surface area (Å²) in [6.45, 7) is 1.48. The molecule has 0 unspecified atom stereocenters. The third-order valence-corrected chi connectivity index (χ3v) is 4.63. The van der Waals surface area contributed by atoms with E-state index in [0.717, 1.165) is 10.2 Å². The van der Waals surface area contributed by atoms with Crippen LogP contribution in [0.2, 0.25) is 5.02 Å². The molecule has 0 saturated carbocycles.